The number of aromatic nitrogens is 1. The van der Waals surface area contributed by atoms with E-state index in [9.17, 15) is 0 Å². The van der Waals surface area contributed by atoms with Gasteiger partial charge in [0.1, 0.15) is 5.75 Å². The van der Waals surface area contributed by atoms with E-state index < -0.39 is 0 Å². The summed E-state index contributed by atoms with van der Waals surface area (Å²) in [6.07, 6.45) is 6.10. The van der Waals surface area contributed by atoms with Crippen molar-refractivity contribution in [1.29, 1.82) is 0 Å². The normalized spacial score (nSPS) is 18.7. The summed E-state index contributed by atoms with van der Waals surface area (Å²) in [6, 6.07) is 12.7. The van der Waals surface area contributed by atoms with Crippen LogP contribution in [0.25, 0.3) is 10.9 Å². The third kappa shape index (κ3) is 3.72. The quantitative estimate of drug-likeness (QED) is 0.589. The van der Waals surface area contributed by atoms with Gasteiger partial charge in [0.2, 0.25) is 0 Å². The molecule has 3 aromatic rings. The van der Waals surface area contributed by atoms with E-state index in [0.29, 0.717) is 6.10 Å². The number of hydrogen-bond donors (Lipinski definition) is 2. The van der Waals surface area contributed by atoms with E-state index in [2.05, 4.69) is 40.6 Å². The van der Waals surface area contributed by atoms with Gasteiger partial charge in [-0.3, -0.25) is 0 Å². The molecule has 30 heavy (non-hydrogen) atoms. The van der Waals surface area contributed by atoms with Crippen LogP contribution in [-0.2, 0) is 6.42 Å². The lowest BCUT2D eigenvalue weighted by Gasteiger charge is -2.26. The number of halogens is 1. The van der Waals surface area contributed by atoms with Crippen molar-refractivity contribution in [1.82, 2.24) is 10.3 Å². The molecule has 0 bridgehead atoms. The maximum absolute atomic E-state index is 6.22. The first-order valence-electron chi connectivity index (χ1n) is 10.5. The fraction of sp³-hybridized carbons (Fsp3) is 0.417. The highest BCUT2D eigenvalue weighted by Gasteiger charge is 2.27. The Morgan fingerprint density at radius 1 is 0.933 bits per heavy atom. The first-order valence-corrected chi connectivity index (χ1v) is 10.5. The van der Waals surface area contributed by atoms with Crippen LogP contribution in [0.4, 0.5) is 0 Å². The number of nitrogens with one attached hydrogen (secondary N) is 2. The van der Waals surface area contributed by atoms with Gasteiger partial charge in [0.05, 0.1) is 26.4 Å². The highest BCUT2D eigenvalue weighted by molar-refractivity contribution is 5.86. The van der Waals surface area contributed by atoms with E-state index in [1.54, 1.807) is 14.2 Å². The Morgan fingerprint density at radius 2 is 1.77 bits per heavy atom. The largest absolute Gasteiger partial charge is 0.497 e. The molecule has 6 heteroatoms. The molecule has 1 aromatic heterocycles. The van der Waals surface area contributed by atoms with Crippen molar-refractivity contribution in [2.45, 2.75) is 44.2 Å². The lowest BCUT2D eigenvalue weighted by atomic mass is 9.94. The molecule has 1 saturated carbocycles. The minimum atomic E-state index is 0. The van der Waals surface area contributed by atoms with Gasteiger partial charge < -0.3 is 24.5 Å². The Hall–Kier alpha value is -2.37. The molecule has 0 radical (unpaired) electrons. The van der Waals surface area contributed by atoms with Gasteiger partial charge in [-0.25, -0.2) is 0 Å². The van der Waals surface area contributed by atoms with Crippen LogP contribution in [0.2, 0.25) is 0 Å². The van der Waals surface area contributed by atoms with Gasteiger partial charge in [-0.05, 0) is 73.6 Å². The van der Waals surface area contributed by atoms with Gasteiger partial charge >= 0.3 is 0 Å². The molecule has 2 aromatic carbocycles. The minimum absolute atomic E-state index is 0. The summed E-state index contributed by atoms with van der Waals surface area (Å²) in [7, 11) is 3.43. The van der Waals surface area contributed by atoms with Crippen molar-refractivity contribution in [3.8, 4) is 17.2 Å². The van der Waals surface area contributed by atoms with Crippen molar-refractivity contribution < 1.29 is 14.2 Å². The monoisotopic (exact) mass is 428 g/mol. The molecule has 160 valence electrons. The zero-order valence-corrected chi connectivity index (χ0v) is 18.3. The van der Waals surface area contributed by atoms with Crippen LogP contribution >= 0.6 is 12.4 Å². The van der Waals surface area contributed by atoms with Gasteiger partial charge in [-0.2, -0.15) is 0 Å². The number of ether oxygens (including phenoxy) is 3. The molecule has 2 N–H and O–H groups in total. The smallest absolute Gasteiger partial charge is 0.161 e. The summed E-state index contributed by atoms with van der Waals surface area (Å²) in [5.41, 5.74) is 4.93. The van der Waals surface area contributed by atoms with Gasteiger partial charge in [0, 0.05) is 23.1 Å². The van der Waals surface area contributed by atoms with Crippen LogP contribution < -0.4 is 19.5 Å². The summed E-state index contributed by atoms with van der Waals surface area (Å²) in [6.45, 7) is 0.935. The molecular weight excluding hydrogens is 400 g/mol. The topological polar surface area (TPSA) is 55.5 Å². The summed E-state index contributed by atoms with van der Waals surface area (Å²) in [5.74, 6) is 2.55. The molecular formula is C24H29ClN2O3. The third-order valence-corrected chi connectivity index (χ3v) is 6.28. The summed E-state index contributed by atoms with van der Waals surface area (Å²) in [5, 5.41) is 4.92. The number of benzene rings is 2. The fourth-order valence-corrected chi connectivity index (χ4v) is 4.77. The predicted molar refractivity (Wildman–Crippen MR) is 122 cm³/mol. The highest BCUT2D eigenvalue weighted by atomic mass is 35.5. The molecule has 5 rings (SSSR count). The van der Waals surface area contributed by atoms with Crippen molar-refractivity contribution in [3.05, 3.63) is 53.2 Å². The van der Waals surface area contributed by atoms with Crippen molar-refractivity contribution in [2.75, 3.05) is 20.8 Å². The first-order chi connectivity index (χ1) is 14.3. The van der Waals surface area contributed by atoms with Gasteiger partial charge in [0.25, 0.3) is 0 Å². The van der Waals surface area contributed by atoms with Gasteiger partial charge in [-0.1, -0.05) is 6.07 Å². The summed E-state index contributed by atoms with van der Waals surface area (Å²) >= 11 is 0. The zero-order chi connectivity index (χ0) is 19.8. The number of methoxy groups -OCH3 is 2. The van der Waals surface area contributed by atoms with Gasteiger partial charge in [0.15, 0.2) is 11.5 Å². The third-order valence-electron chi connectivity index (χ3n) is 6.28. The van der Waals surface area contributed by atoms with E-state index in [0.717, 1.165) is 48.6 Å². The van der Waals surface area contributed by atoms with Crippen LogP contribution in [0, 0.1) is 0 Å². The number of fused-ring (bicyclic) bond motifs is 3. The molecule has 1 aliphatic carbocycles. The van der Waals surface area contributed by atoms with Crippen molar-refractivity contribution in [3.63, 3.8) is 0 Å². The molecule has 5 nitrogen and oxygen atoms in total. The van der Waals surface area contributed by atoms with Crippen molar-refractivity contribution in [2.24, 2.45) is 0 Å². The molecule has 1 aliphatic heterocycles. The number of aromatic amines is 1. The SMILES string of the molecule is COc1ccc2[nH]c3c(c2c1)CCNC3c1ccc(OC2CCCC2)c(OC)c1.Cl. The van der Waals surface area contributed by atoms with Crippen LogP contribution in [0.5, 0.6) is 17.2 Å². The molecule has 1 fully saturated rings. The number of rotatable bonds is 5. The molecule has 1 atom stereocenters. The fourth-order valence-electron chi connectivity index (χ4n) is 4.77. The lowest BCUT2D eigenvalue weighted by molar-refractivity contribution is 0.200. The van der Waals surface area contributed by atoms with Gasteiger partial charge in [-0.15, -0.1) is 12.4 Å². The Balaban J connectivity index is 0.00000218. The Bertz CT molecular complexity index is 1030. The summed E-state index contributed by atoms with van der Waals surface area (Å²) in [4.78, 5) is 3.64. The standard InChI is InChI=1S/C24H28N2O3.ClH/c1-27-17-8-9-20-19(14-17)18-11-12-25-23(24(18)26-20)15-7-10-21(22(13-15)28-2)29-16-5-3-4-6-16;/h7-10,13-14,16,23,25-26H,3-6,11-12H2,1-2H3;1H. The van der Waals surface area contributed by atoms with E-state index in [4.69, 9.17) is 14.2 Å². The van der Waals surface area contributed by atoms with E-state index in [1.807, 2.05) is 6.07 Å². The second-order valence-corrected chi connectivity index (χ2v) is 8.00. The summed E-state index contributed by atoms with van der Waals surface area (Å²) < 4.78 is 17.3. The highest BCUT2D eigenvalue weighted by Crippen LogP contribution is 2.38. The predicted octanol–water partition coefficient (Wildman–Crippen LogP) is 5.16. The van der Waals surface area contributed by atoms with Crippen LogP contribution in [0.1, 0.15) is 48.5 Å². The van der Waals surface area contributed by atoms with E-state index in [1.165, 1.54) is 35.0 Å². The minimum Gasteiger partial charge on any atom is -0.497 e. The van der Waals surface area contributed by atoms with Crippen LogP contribution in [0.15, 0.2) is 36.4 Å². The van der Waals surface area contributed by atoms with Crippen molar-refractivity contribution >= 4 is 23.3 Å². The lowest BCUT2D eigenvalue weighted by Crippen LogP contribution is -2.30. The van der Waals surface area contributed by atoms with E-state index in [-0.39, 0.29) is 18.4 Å². The van der Waals surface area contributed by atoms with E-state index >= 15 is 0 Å². The van der Waals surface area contributed by atoms with Crippen LogP contribution in [-0.4, -0.2) is 31.9 Å². The second-order valence-electron chi connectivity index (χ2n) is 8.00. The average Bonchev–Trinajstić information content (AvgIpc) is 3.41. The molecule has 1 unspecified atom stereocenters. The number of H-pyrrole nitrogens is 1. The molecule has 2 aliphatic rings. The zero-order valence-electron chi connectivity index (χ0n) is 17.5. The first kappa shape index (κ1) is 20.9. The maximum Gasteiger partial charge on any atom is 0.161 e. The molecule has 0 spiro atoms. The maximum atomic E-state index is 6.22. The second kappa shape index (κ2) is 8.78. The Morgan fingerprint density at radius 3 is 2.53 bits per heavy atom. The Kier molecular flexibility index (Phi) is 6.11. The number of hydrogen-bond acceptors (Lipinski definition) is 4. The molecule has 0 saturated heterocycles. The average molecular weight is 429 g/mol. The van der Waals surface area contributed by atoms with Crippen LogP contribution in [0.3, 0.4) is 0 Å². The molecule has 0 amide bonds. The molecule has 2 heterocycles. The Labute approximate surface area is 183 Å².